The summed E-state index contributed by atoms with van der Waals surface area (Å²) < 4.78 is 17.9. The molecule has 0 N–H and O–H groups in total. The summed E-state index contributed by atoms with van der Waals surface area (Å²) in [6, 6.07) is 0. The van der Waals surface area contributed by atoms with Crippen LogP contribution in [0, 0.1) is 124 Å². The molecule has 0 aromatic rings. The predicted molar refractivity (Wildman–Crippen MR) is 429 cm³/mol. The summed E-state index contributed by atoms with van der Waals surface area (Å²) in [6.07, 6.45) is 63.5. The van der Waals surface area contributed by atoms with Gasteiger partial charge in [-0.2, -0.15) is 0 Å². The summed E-state index contributed by atoms with van der Waals surface area (Å²) in [5, 5.41) is 0. The lowest BCUT2D eigenvalue weighted by Gasteiger charge is -2.58. The third-order valence-electron chi connectivity index (χ3n) is 32.6. The van der Waals surface area contributed by atoms with Gasteiger partial charge in [-0.05, 0) is 384 Å². The second-order valence-electron chi connectivity index (χ2n) is 48.9. The highest BCUT2D eigenvalue weighted by Crippen LogP contribution is 2.68. The molecule has 16 fully saturated rings. The van der Waals surface area contributed by atoms with Gasteiger partial charge in [0.1, 0.15) is 0 Å². The van der Waals surface area contributed by atoms with Gasteiger partial charge in [0.2, 0.25) is 0 Å². The largest absolute Gasteiger partial charge is 0.375 e. The molecule has 6 spiro atoms. The zero-order valence-corrected chi connectivity index (χ0v) is 72.1. The number of fused-ring (bicyclic) bond motifs is 2. The fourth-order valence-corrected chi connectivity index (χ4v) is 23.7. The average Bonchev–Trinajstić information content (AvgIpc) is 1.58. The molecule has 15 aliphatic carbocycles. The van der Waals surface area contributed by atoms with Crippen LogP contribution in [0.2, 0.25) is 0 Å². The molecule has 578 valence electrons. The molecule has 99 heavy (non-hydrogen) atoms. The Morgan fingerprint density at radius 2 is 0.535 bits per heavy atom. The first-order valence-corrected chi connectivity index (χ1v) is 44.5. The van der Waals surface area contributed by atoms with E-state index in [1.165, 1.54) is 205 Å². The Morgan fingerprint density at radius 1 is 0.263 bits per heavy atom. The smallest absolute Gasteiger partial charge is 0.0686 e. The van der Waals surface area contributed by atoms with Crippen molar-refractivity contribution in [2.45, 2.75) is 479 Å². The van der Waals surface area contributed by atoms with E-state index in [0.29, 0.717) is 55.7 Å². The molecule has 3 nitrogen and oxygen atoms in total. The Hall–Kier alpha value is -0.120. The molecule has 15 saturated carbocycles. The maximum Gasteiger partial charge on any atom is 0.0686 e. The highest BCUT2D eigenvalue weighted by molar-refractivity contribution is 5.11. The summed E-state index contributed by atoms with van der Waals surface area (Å²) >= 11 is 0. The van der Waals surface area contributed by atoms with E-state index in [4.69, 9.17) is 14.2 Å². The van der Waals surface area contributed by atoms with E-state index < -0.39 is 0 Å². The lowest BCUT2D eigenvalue weighted by molar-refractivity contribution is -0.0700. The quantitative estimate of drug-likeness (QED) is 0.276. The van der Waals surface area contributed by atoms with E-state index >= 15 is 0 Å². The molecule has 0 aromatic carbocycles. The molecule has 0 radical (unpaired) electrons. The second-order valence-corrected chi connectivity index (χ2v) is 48.9. The molecular formula is C96H176O3. The zero-order valence-electron chi connectivity index (χ0n) is 72.1. The van der Waals surface area contributed by atoms with Gasteiger partial charge in [0.05, 0.1) is 35.6 Å². The summed E-state index contributed by atoms with van der Waals surface area (Å²) in [7, 11) is 0. The topological polar surface area (TPSA) is 27.7 Å². The summed E-state index contributed by atoms with van der Waals surface area (Å²) in [4.78, 5) is 0. The van der Waals surface area contributed by atoms with E-state index in [-0.39, 0.29) is 11.2 Å². The minimum Gasteiger partial charge on any atom is -0.375 e. The SMILES string of the molecule is CC(C)(C)C1CC2(CCC2)C1.CC(C)(C)C1CC2(CCCC2)C1.CC(C)(C)C1CCC2(CC1)CC2.CC(C)(C)C1CCC2(CCC2)CC1.CC(C)(C)C1CCC2(CCCC2)CC1.CC(C)(C)C1COC2(CCCC2)C1.CC(C)(C)OC1CC2C(C1)C2(C)C.CC(C)(C)OC1CC2CC2C1. The van der Waals surface area contributed by atoms with Crippen molar-refractivity contribution in [3.63, 3.8) is 0 Å². The van der Waals surface area contributed by atoms with Crippen molar-refractivity contribution in [1.82, 2.24) is 0 Å². The molecule has 0 amide bonds. The first kappa shape index (κ1) is 82.9. The third kappa shape index (κ3) is 23.2. The van der Waals surface area contributed by atoms with Gasteiger partial charge in [-0.1, -0.05) is 190 Å². The van der Waals surface area contributed by atoms with Crippen molar-refractivity contribution < 1.29 is 14.2 Å². The molecule has 3 heteroatoms. The lowest BCUT2D eigenvalue weighted by atomic mass is 9.47. The van der Waals surface area contributed by atoms with E-state index in [9.17, 15) is 0 Å². The van der Waals surface area contributed by atoms with Gasteiger partial charge in [0.25, 0.3) is 0 Å². The van der Waals surface area contributed by atoms with Crippen molar-refractivity contribution in [2.75, 3.05) is 6.61 Å². The van der Waals surface area contributed by atoms with Crippen molar-refractivity contribution in [3.05, 3.63) is 0 Å². The molecule has 16 rings (SSSR count). The molecule has 5 unspecified atom stereocenters. The van der Waals surface area contributed by atoms with Crippen LogP contribution in [0.5, 0.6) is 0 Å². The van der Waals surface area contributed by atoms with E-state index in [1.54, 1.807) is 64.2 Å². The van der Waals surface area contributed by atoms with Gasteiger partial charge in [-0.25, -0.2) is 0 Å². The van der Waals surface area contributed by atoms with Crippen LogP contribution in [0.25, 0.3) is 0 Å². The molecule has 16 aliphatic rings. The molecule has 0 bridgehead atoms. The molecule has 1 saturated heterocycles. The van der Waals surface area contributed by atoms with Crippen LogP contribution >= 0.6 is 0 Å². The van der Waals surface area contributed by atoms with Gasteiger partial charge in [-0.15, -0.1) is 0 Å². The van der Waals surface area contributed by atoms with Gasteiger partial charge in [0.15, 0.2) is 0 Å². The average molecular weight is 1380 g/mol. The number of ether oxygens (including phenoxy) is 3. The Labute approximate surface area is 620 Å². The van der Waals surface area contributed by atoms with Gasteiger partial charge < -0.3 is 14.2 Å². The summed E-state index contributed by atoms with van der Waals surface area (Å²) in [5.74, 6) is 9.84. The monoisotopic (exact) mass is 1380 g/mol. The molecule has 1 heterocycles. The Kier molecular flexibility index (Phi) is 26.0. The van der Waals surface area contributed by atoms with Crippen molar-refractivity contribution in [3.8, 4) is 0 Å². The molecule has 5 atom stereocenters. The summed E-state index contributed by atoms with van der Waals surface area (Å²) in [5.41, 5.74) is 8.62. The van der Waals surface area contributed by atoms with Gasteiger partial charge >= 0.3 is 0 Å². The van der Waals surface area contributed by atoms with Crippen molar-refractivity contribution >= 4 is 0 Å². The first-order chi connectivity index (χ1) is 45.5. The Balaban J connectivity index is 0.000000132. The maximum atomic E-state index is 6.04. The van der Waals surface area contributed by atoms with Crippen LogP contribution < -0.4 is 0 Å². The van der Waals surface area contributed by atoms with Crippen molar-refractivity contribution in [1.29, 1.82) is 0 Å². The van der Waals surface area contributed by atoms with Crippen LogP contribution in [0.15, 0.2) is 0 Å². The fraction of sp³-hybridized carbons (Fsp3) is 1.00. The van der Waals surface area contributed by atoms with E-state index in [2.05, 4.69) is 180 Å². The normalized spacial score (nSPS) is 32.7. The van der Waals surface area contributed by atoms with Crippen LogP contribution in [0.3, 0.4) is 0 Å². The lowest BCUT2D eigenvalue weighted by Crippen LogP contribution is -2.47. The summed E-state index contributed by atoms with van der Waals surface area (Å²) in [6.45, 7) is 61.8. The van der Waals surface area contributed by atoms with Crippen LogP contribution in [-0.4, -0.2) is 35.6 Å². The minimum absolute atomic E-state index is 0.0472. The Morgan fingerprint density at radius 3 is 0.798 bits per heavy atom. The number of rotatable bonds is 2. The highest BCUT2D eigenvalue weighted by atomic mass is 16.5. The van der Waals surface area contributed by atoms with E-state index in [1.807, 2.05) is 0 Å². The number of hydrogen-bond acceptors (Lipinski definition) is 3. The van der Waals surface area contributed by atoms with Crippen molar-refractivity contribution in [2.24, 2.45) is 124 Å². The van der Waals surface area contributed by atoms with Crippen LogP contribution in [0.1, 0.15) is 450 Å². The zero-order chi connectivity index (χ0) is 73.0. The molecular weight excluding hydrogens is 1200 g/mol. The van der Waals surface area contributed by atoms with Gasteiger partial charge in [0, 0.05) is 0 Å². The molecule has 1 aliphatic heterocycles. The van der Waals surface area contributed by atoms with Gasteiger partial charge in [-0.3, -0.25) is 0 Å². The molecule has 0 aromatic heterocycles. The second kappa shape index (κ2) is 31.1. The predicted octanol–water partition coefficient (Wildman–Crippen LogP) is 30.0. The van der Waals surface area contributed by atoms with Crippen LogP contribution in [-0.2, 0) is 14.2 Å². The van der Waals surface area contributed by atoms with E-state index in [0.717, 1.165) is 92.9 Å². The minimum atomic E-state index is 0.0472. The fourth-order valence-electron chi connectivity index (χ4n) is 23.7. The maximum absolute atomic E-state index is 6.04. The Bertz CT molecular complexity index is 2380. The van der Waals surface area contributed by atoms with Crippen LogP contribution in [0.4, 0.5) is 0 Å². The third-order valence-corrected chi connectivity index (χ3v) is 32.6. The standard InChI is InChI=1S/C14H26.C13H24.2C12H22O.2C12H22.C11H20.C10H18O/c1-13(2,3)12-6-10-14(11-7-12)8-4-5-9-14;1-12(2,3)11-5-9-13(10-6-11)7-4-8-13;1-11(2,3)13-8-6-9-10(7-8)12(9,4)5;1-11(2,3)10-8-12(13-9-10)6-4-5-7-12;1-11(2,3)10-4-6-12(7-5-10)8-9-12;1-11(2,3)10-8-12(9-10)6-4-5-7-12;1-10(2,3)9-7-11(8-9)5-4-6-11;1-10(2,3)11-9-5-7-4-8(7)6-9/h12H,4-11H2,1-3H3;11H,4-10H2,1-3H3;8-10H,6-7H2,1-5H3;10H,4-9H2,1-3H3;2*10H,4-9H2,1-3H3;9H,4-8H2,1-3H3;7-9H,4-6H2,1-3H3. The first-order valence-electron chi connectivity index (χ1n) is 44.5. The number of hydrogen-bond donors (Lipinski definition) is 0. The highest BCUT2D eigenvalue weighted by Gasteiger charge is 2.63.